The SMILES string of the molecule is CCC(F)CCCc1nc2ccccn2c1CN1CCN(C(=O)C2CCC2)CC1. The van der Waals surface area contributed by atoms with Crippen LogP contribution in [0, 0.1) is 5.92 Å². The predicted octanol–water partition coefficient (Wildman–Crippen LogP) is 3.85. The summed E-state index contributed by atoms with van der Waals surface area (Å²) < 4.78 is 15.8. The first-order valence-corrected chi connectivity index (χ1v) is 11.3. The molecule has 2 aromatic heterocycles. The number of alkyl halides is 1. The molecular weight excluding hydrogens is 367 g/mol. The van der Waals surface area contributed by atoms with E-state index < -0.39 is 6.17 Å². The molecule has 1 saturated heterocycles. The van der Waals surface area contributed by atoms with E-state index in [1.807, 2.05) is 25.1 Å². The summed E-state index contributed by atoms with van der Waals surface area (Å²) in [6.45, 7) is 6.18. The molecule has 5 nitrogen and oxygen atoms in total. The number of carbonyl (C=O) groups is 1. The molecule has 4 rings (SSSR count). The molecule has 0 spiro atoms. The van der Waals surface area contributed by atoms with Gasteiger partial charge in [-0.15, -0.1) is 0 Å². The van der Waals surface area contributed by atoms with Crippen LogP contribution in [0.1, 0.15) is 56.8 Å². The second-order valence-corrected chi connectivity index (χ2v) is 8.56. The Labute approximate surface area is 172 Å². The van der Waals surface area contributed by atoms with Crippen molar-refractivity contribution in [2.75, 3.05) is 26.2 Å². The first-order chi connectivity index (χ1) is 14.2. The highest BCUT2D eigenvalue weighted by molar-refractivity contribution is 5.79. The Kier molecular flexibility index (Phi) is 6.48. The van der Waals surface area contributed by atoms with E-state index in [1.54, 1.807) is 0 Å². The third kappa shape index (κ3) is 4.63. The second-order valence-electron chi connectivity index (χ2n) is 8.56. The molecule has 1 amide bonds. The number of nitrogens with zero attached hydrogens (tertiary/aromatic N) is 4. The lowest BCUT2D eigenvalue weighted by atomic mass is 9.84. The molecule has 1 unspecified atom stereocenters. The van der Waals surface area contributed by atoms with Crippen molar-refractivity contribution in [3.63, 3.8) is 0 Å². The van der Waals surface area contributed by atoms with Gasteiger partial charge < -0.3 is 9.30 Å². The summed E-state index contributed by atoms with van der Waals surface area (Å²) in [5, 5.41) is 0. The van der Waals surface area contributed by atoms with Crippen LogP contribution in [0.2, 0.25) is 0 Å². The molecule has 29 heavy (non-hydrogen) atoms. The Morgan fingerprint density at radius 1 is 1.24 bits per heavy atom. The number of pyridine rings is 1. The van der Waals surface area contributed by atoms with Crippen molar-refractivity contribution < 1.29 is 9.18 Å². The van der Waals surface area contributed by atoms with Gasteiger partial charge in [0, 0.05) is 44.8 Å². The third-order valence-electron chi connectivity index (χ3n) is 6.60. The number of hydrogen-bond donors (Lipinski definition) is 0. The monoisotopic (exact) mass is 400 g/mol. The third-order valence-corrected chi connectivity index (χ3v) is 6.60. The van der Waals surface area contributed by atoms with E-state index in [1.165, 1.54) is 12.1 Å². The summed E-state index contributed by atoms with van der Waals surface area (Å²) in [6, 6.07) is 6.08. The molecule has 1 aliphatic carbocycles. The zero-order valence-electron chi connectivity index (χ0n) is 17.5. The fourth-order valence-corrected chi connectivity index (χ4v) is 4.41. The van der Waals surface area contributed by atoms with Crippen molar-refractivity contribution in [1.82, 2.24) is 19.2 Å². The van der Waals surface area contributed by atoms with E-state index in [0.717, 1.165) is 69.7 Å². The molecule has 2 fully saturated rings. The van der Waals surface area contributed by atoms with Crippen molar-refractivity contribution in [3.8, 4) is 0 Å². The highest BCUT2D eigenvalue weighted by Crippen LogP contribution is 2.28. The van der Waals surface area contributed by atoms with Gasteiger partial charge in [0.25, 0.3) is 0 Å². The number of aryl methyl sites for hydroxylation is 1. The van der Waals surface area contributed by atoms with Gasteiger partial charge in [-0.25, -0.2) is 9.37 Å². The van der Waals surface area contributed by atoms with Crippen LogP contribution in [-0.2, 0) is 17.8 Å². The number of fused-ring (bicyclic) bond motifs is 1. The Morgan fingerprint density at radius 2 is 2.03 bits per heavy atom. The molecule has 0 bridgehead atoms. The Hall–Kier alpha value is -1.95. The van der Waals surface area contributed by atoms with E-state index >= 15 is 0 Å². The van der Waals surface area contributed by atoms with Crippen LogP contribution in [0.25, 0.3) is 5.65 Å². The highest BCUT2D eigenvalue weighted by atomic mass is 19.1. The van der Waals surface area contributed by atoms with Crippen molar-refractivity contribution in [3.05, 3.63) is 35.8 Å². The molecule has 2 aromatic rings. The summed E-state index contributed by atoms with van der Waals surface area (Å²) in [5.74, 6) is 0.650. The Balaban J connectivity index is 1.40. The van der Waals surface area contributed by atoms with Gasteiger partial charge in [0.2, 0.25) is 5.91 Å². The van der Waals surface area contributed by atoms with Gasteiger partial charge in [-0.05, 0) is 50.7 Å². The topological polar surface area (TPSA) is 40.9 Å². The maximum absolute atomic E-state index is 13.6. The van der Waals surface area contributed by atoms with Gasteiger partial charge in [-0.2, -0.15) is 0 Å². The summed E-state index contributed by atoms with van der Waals surface area (Å²) in [5.41, 5.74) is 3.27. The number of piperazine rings is 1. The molecule has 6 heteroatoms. The van der Waals surface area contributed by atoms with Gasteiger partial charge in [0.05, 0.1) is 17.6 Å². The molecule has 0 N–H and O–H groups in total. The van der Waals surface area contributed by atoms with Gasteiger partial charge in [-0.3, -0.25) is 9.69 Å². The van der Waals surface area contributed by atoms with E-state index in [9.17, 15) is 9.18 Å². The van der Waals surface area contributed by atoms with Gasteiger partial charge >= 0.3 is 0 Å². The summed E-state index contributed by atoms with van der Waals surface area (Å²) >= 11 is 0. The first-order valence-electron chi connectivity index (χ1n) is 11.3. The van der Waals surface area contributed by atoms with Crippen molar-refractivity contribution in [2.45, 2.75) is 64.6 Å². The molecule has 0 radical (unpaired) electrons. The van der Waals surface area contributed by atoms with E-state index in [0.29, 0.717) is 18.7 Å². The number of hydrogen-bond acceptors (Lipinski definition) is 3. The second kappa shape index (κ2) is 9.24. The standard InChI is InChI=1S/C23H33FN4O/c1-2-19(24)9-6-10-20-21(28-12-4-3-11-22(28)25-20)17-26-13-15-27(16-14-26)23(29)18-7-5-8-18/h3-4,11-12,18-19H,2,5-10,13-17H2,1H3. The van der Waals surface area contributed by atoms with Crippen LogP contribution in [0.4, 0.5) is 4.39 Å². The van der Waals surface area contributed by atoms with Crippen molar-refractivity contribution >= 4 is 11.6 Å². The highest BCUT2D eigenvalue weighted by Gasteiger charge is 2.31. The van der Waals surface area contributed by atoms with Crippen molar-refractivity contribution in [2.24, 2.45) is 5.92 Å². The lowest BCUT2D eigenvalue weighted by molar-refractivity contribution is -0.140. The Bertz CT molecular complexity index is 823. The number of rotatable bonds is 8. The average molecular weight is 401 g/mol. The van der Waals surface area contributed by atoms with Crippen LogP contribution >= 0.6 is 0 Å². The van der Waals surface area contributed by atoms with Crippen LogP contribution < -0.4 is 0 Å². The molecule has 3 heterocycles. The maximum Gasteiger partial charge on any atom is 0.225 e. The summed E-state index contributed by atoms with van der Waals surface area (Å²) in [4.78, 5) is 21.8. The Morgan fingerprint density at radius 3 is 2.72 bits per heavy atom. The summed E-state index contributed by atoms with van der Waals surface area (Å²) in [6.07, 6.45) is 7.54. The number of amides is 1. The minimum absolute atomic E-state index is 0.286. The van der Waals surface area contributed by atoms with Gasteiger partial charge in [-0.1, -0.05) is 19.4 Å². The molecule has 0 aromatic carbocycles. The molecular formula is C23H33FN4O. The molecule has 1 atom stereocenters. The molecule has 2 aliphatic rings. The molecule has 1 saturated carbocycles. The first kappa shape index (κ1) is 20.3. The number of carbonyl (C=O) groups excluding carboxylic acids is 1. The minimum Gasteiger partial charge on any atom is -0.340 e. The lowest BCUT2D eigenvalue weighted by Crippen LogP contribution is -2.50. The van der Waals surface area contributed by atoms with Gasteiger partial charge in [0.15, 0.2) is 0 Å². The largest absolute Gasteiger partial charge is 0.340 e. The fourth-order valence-electron chi connectivity index (χ4n) is 4.41. The van der Waals surface area contributed by atoms with E-state index in [4.69, 9.17) is 4.98 Å². The van der Waals surface area contributed by atoms with Crippen molar-refractivity contribution in [1.29, 1.82) is 0 Å². The number of aromatic nitrogens is 2. The van der Waals surface area contributed by atoms with Crippen LogP contribution in [-0.4, -0.2) is 57.4 Å². The van der Waals surface area contributed by atoms with E-state index in [-0.39, 0.29) is 5.92 Å². The zero-order chi connectivity index (χ0) is 20.2. The maximum atomic E-state index is 13.6. The zero-order valence-corrected chi connectivity index (χ0v) is 17.5. The van der Waals surface area contributed by atoms with Crippen LogP contribution in [0.3, 0.4) is 0 Å². The molecule has 1 aliphatic heterocycles. The minimum atomic E-state index is -0.711. The van der Waals surface area contributed by atoms with Gasteiger partial charge in [0.1, 0.15) is 5.65 Å². The molecule has 158 valence electrons. The smallest absolute Gasteiger partial charge is 0.225 e. The average Bonchev–Trinajstić information content (AvgIpc) is 3.04. The van der Waals surface area contributed by atoms with E-state index in [2.05, 4.69) is 20.4 Å². The number of imidazole rings is 1. The summed E-state index contributed by atoms with van der Waals surface area (Å²) in [7, 11) is 0. The van der Waals surface area contributed by atoms with Crippen LogP contribution in [0.5, 0.6) is 0 Å². The predicted molar refractivity (Wildman–Crippen MR) is 113 cm³/mol. The van der Waals surface area contributed by atoms with Crippen LogP contribution in [0.15, 0.2) is 24.4 Å². The number of halogens is 1. The lowest BCUT2D eigenvalue weighted by Gasteiger charge is -2.38. The normalized spacial score (nSPS) is 19.4. The fraction of sp³-hybridized carbons (Fsp3) is 0.652. The quantitative estimate of drug-likeness (QED) is 0.676.